The Morgan fingerprint density at radius 1 is 1.09 bits per heavy atom. The number of nitrogens with one attached hydrogen (secondary N) is 2. The van der Waals surface area contributed by atoms with E-state index in [0.29, 0.717) is 22.1 Å². The van der Waals surface area contributed by atoms with Gasteiger partial charge < -0.3 is 19.6 Å². The highest BCUT2D eigenvalue weighted by atomic mass is 32.2. The van der Waals surface area contributed by atoms with Crippen molar-refractivity contribution in [1.82, 2.24) is 10.1 Å². The molecule has 0 aliphatic carbocycles. The van der Waals surface area contributed by atoms with Gasteiger partial charge in [0.15, 0.2) is 11.4 Å². The summed E-state index contributed by atoms with van der Waals surface area (Å²) in [5.41, 5.74) is 1.70. The van der Waals surface area contributed by atoms with E-state index < -0.39 is 14.9 Å². The molecule has 4 aromatic rings. The molecule has 13 heteroatoms. The largest absolute Gasteiger partial charge is 0.376 e. The molecule has 2 heterocycles. The first kappa shape index (κ1) is 32.6. The fraction of sp³-hybridized carbons (Fsp3) is 0.406. The van der Waals surface area contributed by atoms with Gasteiger partial charge in [0.05, 0.1) is 15.2 Å². The number of sulfonamides is 1. The predicted molar refractivity (Wildman–Crippen MR) is 181 cm³/mol. The lowest BCUT2D eigenvalue weighted by Crippen LogP contribution is -2.37. The van der Waals surface area contributed by atoms with Crippen LogP contribution in [0.3, 0.4) is 0 Å². The molecule has 0 radical (unpaired) electrons. The molecule has 1 saturated heterocycles. The number of thioether (sulfide) groups is 1. The molecule has 240 valence electrons. The summed E-state index contributed by atoms with van der Waals surface area (Å²) in [5, 5.41) is 19.9. The molecule has 1 aliphatic rings. The summed E-state index contributed by atoms with van der Waals surface area (Å²) in [6.07, 6.45) is 2.90. The average molecular weight is 653 g/mol. The van der Waals surface area contributed by atoms with Gasteiger partial charge in [-0.15, -0.1) is 11.8 Å². The molecule has 2 N–H and O–H groups in total. The number of nitrogens with zero attached hydrogens (tertiary/aromatic N) is 4. The molecule has 3 aromatic carbocycles. The molecule has 1 fully saturated rings. The number of benzene rings is 3. The fourth-order valence-electron chi connectivity index (χ4n) is 5.25. The monoisotopic (exact) mass is 652 g/mol. The van der Waals surface area contributed by atoms with Crippen LogP contribution in [0.5, 0.6) is 0 Å². The molecular formula is C32H40N6O5S2. The number of rotatable bonds is 13. The van der Waals surface area contributed by atoms with Crippen molar-refractivity contribution in [2.75, 3.05) is 54.4 Å². The lowest BCUT2D eigenvalue weighted by molar-refractivity contribution is -0.384. The van der Waals surface area contributed by atoms with E-state index in [-0.39, 0.29) is 28.1 Å². The van der Waals surface area contributed by atoms with Crippen LogP contribution in [-0.4, -0.2) is 68.9 Å². The van der Waals surface area contributed by atoms with Gasteiger partial charge >= 0.3 is 0 Å². The minimum Gasteiger partial charge on any atom is -0.376 e. The van der Waals surface area contributed by atoms with Crippen LogP contribution >= 0.6 is 11.8 Å². The maximum atomic E-state index is 13.4. The SMILES string of the molecule is CN(C)CC[C@H](CSc1ccccc1)Nc1ccc(S(=O)(=O)Nc2noc3cc(N4CCC(C)(C)CC4)ccc23)cc1[N+](=O)[O-]. The van der Waals surface area contributed by atoms with Gasteiger partial charge in [-0.05, 0) is 81.7 Å². The normalized spacial score (nSPS) is 15.7. The molecule has 1 aliphatic heterocycles. The second-order valence-corrected chi connectivity index (χ2v) is 15.2. The summed E-state index contributed by atoms with van der Waals surface area (Å²) in [7, 11) is -0.263. The first-order chi connectivity index (χ1) is 21.4. The van der Waals surface area contributed by atoms with Crippen LogP contribution in [0.4, 0.5) is 22.9 Å². The van der Waals surface area contributed by atoms with Crippen molar-refractivity contribution in [2.45, 2.75) is 48.9 Å². The molecular weight excluding hydrogens is 613 g/mol. The van der Waals surface area contributed by atoms with Crippen molar-refractivity contribution < 1.29 is 17.9 Å². The Balaban J connectivity index is 1.33. The van der Waals surface area contributed by atoms with Crippen molar-refractivity contribution in [3.05, 3.63) is 76.8 Å². The van der Waals surface area contributed by atoms with Crippen LogP contribution in [0.1, 0.15) is 33.1 Å². The third kappa shape index (κ3) is 8.27. The van der Waals surface area contributed by atoms with E-state index >= 15 is 0 Å². The van der Waals surface area contributed by atoms with Crippen LogP contribution in [0.2, 0.25) is 0 Å². The summed E-state index contributed by atoms with van der Waals surface area (Å²) < 4.78 is 34.8. The molecule has 0 saturated carbocycles. The van der Waals surface area contributed by atoms with Crippen LogP contribution in [0.15, 0.2) is 81.0 Å². The minimum absolute atomic E-state index is 0.0304. The van der Waals surface area contributed by atoms with E-state index in [1.165, 1.54) is 12.1 Å². The smallest absolute Gasteiger partial charge is 0.293 e. The van der Waals surface area contributed by atoms with Crippen molar-refractivity contribution >= 4 is 55.6 Å². The number of piperidine rings is 1. The van der Waals surface area contributed by atoms with Gasteiger partial charge in [0.25, 0.3) is 15.7 Å². The van der Waals surface area contributed by atoms with E-state index in [1.807, 2.05) is 56.6 Å². The summed E-state index contributed by atoms with van der Waals surface area (Å²) in [5.74, 6) is 0.704. The second kappa shape index (κ2) is 13.7. The van der Waals surface area contributed by atoms with Crippen LogP contribution in [0, 0.1) is 15.5 Å². The zero-order chi connectivity index (χ0) is 32.2. The summed E-state index contributed by atoms with van der Waals surface area (Å²) in [4.78, 5) is 16.8. The second-order valence-electron chi connectivity index (χ2n) is 12.5. The van der Waals surface area contributed by atoms with Gasteiger partial charge in [0, 0.05) is 47.6 Å². The van der Waals surface area contributed by atoms with Crippen LogP contribution in [0.25, 0.3) is 11.0 Å². The van der Waals surface area contributed by atoms with Gasteiger partial charge in [0.1, 0.15) is 5.69 Å². The highest BCUT2D eigenvalue weighted by Crippen LogP contribution is 2.35. The molecule has 0 unspecified atom stereocenters. The maximum absolute atomic E-state index is 13.4. The van der Waals surface area contributed by atoms with Crippen LogP contribution < -0.4 is 14.9 Å². The van der Waals surface area contributed by atoms with Crippen molar-refractivity contribution in [1.29, 1.82) is 0 Å². The molecule has 0 amide bonds. The van der Waals surface area contributed by atoms with Crippen molar-refractivity contribution in [3.8, 4) is 0 Å². The number of anilines is 3. The zero-order valence-electron chi connectivity index (χ0n) is 26.0. The van der Waals surface area contributed by atoms with Crippen molar-refractivity contribution in [3.63, 3.8) is 0 Å². The van der Waals surface area contributed by atoms with Gasteiger partial charge in [0.2, 0.25) is 0 Å². The molecule has 1 atom stereocenters. The van der Waals surface area contributed by atoms with Gasteiger partial charge in [-0.1, -0.05) is 37.2 Å². The fourth-order valence-corrected chi connectivity index (χ4v) is 7.28. The Morgan fingerprint density at radius 2 is 1.82 bits per heavy atom. The molecule has 0 bridgehead atoms. The summed E-state index contributed by atoms with van der Waals surface area (Å²) in [6, 6.07) is 19.3. The van der Waals surface area contributed by atoms with Gasteiger partial charge in [-0.3, -0.25) is 14.8 Å². The highest BCUT2D eigenvalue weighted by Gasteiger charge is 2.27. The Kier molecular flexibility index (Phi) is 9.90. The zero-order valence-corrected chi connectivity index (χ0v) is 27.7. The quantitative estimate of drug-likeness (QED) is 0.0914. The van der Waals surface area contributed by atoms with Crippen LogP contribution in [-0.2, 0) is 10.0 Å². The van der Waals surface area contributed by atoms with Crippen molar-refractivity contribution in [2.24, 2.45) is 5.41 Å². The number of aromatic nitrogens is 1. The Hall–Kier alpha value is -3.81. The summed E-state index contributed by atoms with van der Waals surface area (Å²) >= 11 is 1.66. The number of hydrogen-bond donors (Lipinski definition) is 2. The molecule has 5 rings (SSSR count). The highest BCUT2D eigenvalue weighted by molar-refractivity contribution is 7.99. The Bertz CT molecular complexity index is 1730. The maximum Gasteiger partial charge on any atom is 0.293 e. The standard InChI is InChI=1S/C32H40N6O5S2/c1-32(2)15-18-37(19-16-32)24-10-12-27-30(20-24)43-34-31(27)35-45(41,42)26-11-13-28(29(21-26)38(39)40)33-23(14-17-36(3)4)22-44-25-8-6-5-7-9-25/h5-13,20-21,23,33H,14-19,22H2,1-4H3,(H,34,35)/t23-/m1/s1. The first-order valence-electron chi connectivity index (χ1n) is 14.9. The predicted octanol–water partition coefficient (Wildman–Crippen LogP) is 6.69. The third-order valence-electron chi connectivity index (χ3n) is 8.12. The number of fused-ring (bicyclic) bond motifs is 1. The molecule has 45 heavy (non-hydrogen) atoms. The molecule has 11 nitrogen and oxygen atoms in total. The Labute approximate surface area is 268 Å². The summed E-state index contributed by atoms with van der Waals surface area (Å²) in [6.45, 7) is 7.18. The van der Waals surface area contributed by atoms with Gasteiger partial charge in [-0.2, -0.15) is 0 Å². The van der Waals surface area contributed by atoms with E-state index in [9.17, 15) is 18.5 Å². The minimum atomic E-state index is -4.21. The van der Waals surface area contributed by atoms with E-state index in [4.69, 9.17) is 4.52 Å². The lowest BCUT2D eigenvalue weighted by Gasteiger charge is -2.38. The third-order valence-corrected chi connectivity index (χ3v) is 10.6. The Morgan fingerprint density at radius 3 is 2.51 bits per heavy atom. The number of hydrogen-bond acceptors (Lipinski definition) is 10. The average Bonchev–Trinajstić information content (AvgIpc) is 3.40. The molecule has 0 spiro atoms. The van der Waals surface area contributed by atoms with Gasteiger partial charge in [-0.25, -0.2) is 8.42 Å². The topological polar surface area (TPSA) is 134 Å². The number of nitro groups is 1. The first-order valence-corrected chi connectivity index (χ1v) is 17.4. The van der Waals surface area contributed by atoms with E-state index in [1.54, 1.807) is 17.8 Å². The van der Waals surface area contributed by atoms with E-state index in [2.05, 4.69) is 38.8 Å². The number of nitro benzene ring substituents is 1. The molecule has 1 aromatic heterocycles. The van der Waals surface area contributed by atoms with E-state index in [0.717, 1.165) is 55.5 Å². The lowest BCUT2D eigenvalue weighted by atomic mass is 9.82.